The van der Waals surface area contributed by atoms with Crippen LogP contribution in [0.15, 0.2) is 54.6 Å². The van der Waals surface area contributed by atoms with Gasteiger partial charge in [0.25, 0.3) is 0 Å². The monoisotopic (exact) mass is 380 g/mol. The van der Waals surface area contributed by atoms with Crippen molar-refractivity contribution in [2.24, 2.45) is 5.92 Å². The molecule has 1 fully saturated rings. The Hall–Kier alpha value is -2.82. The molecule has 3 rings (SSSR count). The lowest BCUT2D eigenvalue weighted by Crippen LogP contribution is -2.37. The summed E-state index contributed by atoms with van der Waals surface area (Å²) in [4.78, 5) is 29.1. The summed E-state index contributed by atoms with van der Waals surface area (Å²) in [5, 5.41) is 0. The Balaban J connectivity index is 1.57. The van der Waals surface area contributed by atoms with Crippen LogP contribution in [0.25, 0.3) is 0 Å². The number of rotatable bonds is 8. The fourth-order valence-corrected chi connectivity index (χ4v) is 3.65. The van der Waals surface area contributed by atoms with Crippen LogP contribution in [0.4, 0.5) is 0 Å². The van der Waals surface area contributed by atoms with Gasteiger partial charge in [0.05, 0.1) is 13.0 Å². The van der Waals surface area contributed by atoms with E-state index in [0.717, 1.165) is 23.3 Å². The molecule has 5 heteroatoms. The molecule has 1 unspecified atom stereocenters. The number of carbonyl (C=O) groups is 2. The molecule has 148 valence electrons. The van der Waals surface area contributed by atoms with Crippen molar-refractivity contribution in [3.63, 3.8) is 0 Å². The number of carbonyl (C=O) groups excluding carboxylic acids is 2. The highest BCUT2D eigenvalue weighted by molar-refractivity contribution is 5.89. The molecule has 0 aromatic heterocycles. The second-order valence-electron chi connectivity index (χ2n) is 7.18. The predicted molar refractivity (Wildman–Crippen MR) is 109 cm³/mol. The summed E-state index contributed by atoms with van der Waals surface area (Å²) in [7, 11) is 1.65. The van der Waals surface area contributed by atoms with Crippen LogP contribution in [0.1, 0.15) is 24.5 Å². The lowest BCUT2D eigenvalue weighted by atomic mass is 10.1. The molecule has 1 aliphatic rings. The first-order valence-corrected chi connectivity index (χ1v) is 9.84. The molecule has 0 aliphatic carbocycles. The van der Waals surface area contributed by atoms with Crippen molar-refractivity contribution in [2.45, 2.75) is 26.3 Å². The van der Waals surface area contributed by atoms with Gasteiger partial charge in [-0.2, -0.15) is 0 Å². The van der Waals surface area contributed by atoms with Crippen molar-refractivity contribution >= 4 is 11.8 Å². The van der Waals surface area contributed by atoms with Crippen molar-refractivity contribution in [1.29, 1.82) is 0 Å². The summed E-state index contributed by atoms with van der Waals surface area (Å²) < 4.78 is 5.25. The first-order chi connectivity index (χ1) is 13.6. The number of hydrogen-bond donors (Lipinski definition) is 0. The molecule has 0 saturated carbocycles. The van der Waals surface area contributed by atoms with Crippen LogP contribution >= 0.6 is 0 Å². The number of amides is 2. The van der Waals surface area contributed by atoms with E-state index in [2.05, 4.69) is 0 Å². The van der Waals surface area contributed by atoms with E-state index in [-0.39, 0.29) is 17.7 Å². The van der Waals surface area contributed by atoms with Gasteiger partial charge in [-0.15, -0.1) is 0 Å². The lowest BCUT2D eigenvalue weighted by molar-refractivity contribution is -0.136. The molecule has 0 bridgehead atoms. The summed E-state index contributed by atoms with van der Waals surface area (Å²) in [6.45, 7) is 4.35. The molecule has 1 atom stereocenters. The van der Waals surface area contributed by atoms with Crippen molar-refractivity contribution in [1.82, 2.24) is 9.80 Å². The van der Waals surface area contributed by atoms with Gasteiger partial charge in [-0.25, -0.2) is 0 Å². The summed E-state index contributed by atoms with van der Waals surface area (Å²) in [5.74, 6) is 0.708. The summed E-state index contributed by atoms with van der Waals surface area (Å²) in [5.41, 5.74) is 2.23. The molecule has 2 aromatic carbocycles. The number of benzene rings is 2. The Kier molecular flexibility index (Phi) is 6.69. The van der Waals surface area contributed by atoms with Crippen LogP contribution in [-0.2, 0) is 22.6 Å². The van der Waals surface area contributed by atoms with Gasteiger partial charge in [0.15, 0.2) is 0 Å². The Labute approximate surface area is 166 Å². The SMILES string of the molecule is CCN(Cc1ccccc1)C(=O)C1CC(=O)N(CCc2cccc(OC)c2)C1. The van der Waals surface area contributed by atoms with Crippen LogP contribution in [-0.4, -0.2) is 48.4 Å². The average Bonchev–Trinajstić information content (AvgIpc) is 3.11. The Morgan fingerprint density at radius 1 is 1.14 bits per heavy atom. The van der Waals surface area contributed by atoms with Crippen LogP contribution in [0.3, 0.4) is 0 Å². The van der Waals surface area contributed by atoms with Crippen LogP contribution in [0, 0.1) is 5.92 Å². The Morgan fingerprint density at radius 3 is 2.61 bits per heavy atom. The van der Waals surface area contributed by atoms with Gasteiger partial charge in [-0.05, 0) is 36.6 Å². The van der Waals surface area contributed by atoms with E-state index in [1.807, 2.05) is 71.3 Å². The molecule has 1 heterocycles. The molecule has 2 amide bonds. The van der Waals surface area contributed by atoms with E-state index in [1.165, 1.54) is 0 Å². The topological polar surface area (TPSA) is 49.9 Å². The minimum Gasteiger partial charge on any atom is -0.497 e. The highest BCUT2D eigenvalue weighted by atomic mass is 16.5. The zero-order valence-corrected chi connectivity index (χ0v) is 16.6. The number of hydrogen-bond acceptors (Lipinski definition) is 3. The fraction of sp³-hybridized carbons (Fsp3) is 0.391. The quantitative estimate of drug-likeness (QED) is 0.707. The molecule has 0 spiro atoms. The van der Waals surface area contributed by atoms with Gasteiger partial charge < -0.3 is 14.5 Å². The Bertz CT molecular complexity index is 807. The molecule has 1 aliphatic heterocycles. The second-order valence-corrected chi connectivity index (χ2v) is 7.18. The maximum absolute atomic E-state index is 13.0. The van der Waals surface area contributed by atoms with Crippen molar-refractivity contribution in [2.75, 3.05) is 26.7 Å². The van der Waals surface area contributed by atoms with E-state index >= 15 is 0 Å². The zero-order valence-electron chi connectivity index (χ0n) is 16.6. The van der Waals surface area contributed by atoms with E-state index in [4.69, 9.17) is 4.74 Å². The third-order valence-electron chi connectivity index (χ3n) is 5.28. The average molecular weight is 380 g/mol. The predicted octanol–water partition coefficient (Wildman–Crippen LogP) is 3.13. The molecule has 28 heavy (non-hydrogen) atoms. The smallest absolute Gasteiger partial charge is 0.228 e. The highest BCUT2D eigenvalue weighted by Crippen LogP contribution is 2.22. The van der Waals surface area contributed by atoms with Crippen LogP contribution < -0.4 is 4.74 Å². The molecule has 1 saturated heterocycles. The maximum atomic E-state index is 13.0. The number of ether oxygens (including phenoxy) is 1. The van der Waals surface area contributed by atoms with Crippen LogP contribution in [0.2, 0.25) is 0 Å². The first-order valence-electron chi connectivity index (χ1n) is 9.84. The first kappa shape index (κ1) is 19.9. The van der Waals surface area contributed by atoms with E-state index < -0.39 is 0 Å². The van der Waals surface area contributed by atoms with E-state index in [9.17, 15) is 9.59 Å². The zero-order chi connectivity index (χ0) is 19.9. The summed E-state index contributed by atoms with van der Waals surface area (Å²) >= 11 is 0. The number of nitrogens with zero attached hydrogens (tertiary/aromatic N) is 2. The molecule has 2 aromatic rings. The van der Waals surface area contributed by atoms with Gasteiger partial charge in [-0.1, -0.05) is 42.5 Å². The normalized spacial score (nSPS) is 16.3. The van der Waals surface area contributed by atoms with Crippen LogP contribution in [0.5, 0.6) is 5.75 Å². The molecular formula is C23H28N2O3. The fourth-order valence-electron chi connectivity index (χ4n) is 3.65. The molecule has 0 radical (unpaired) electrons. The van der Waals surface area contributed by atoms with Gasteiger partial charge in [-0.3, -0.25) is 9.59 Å². The van der Waals surface area contributed by atoms with Crippen molar-refractivity contribution < 1.29 is 14.3 Å². The second kappa shape index (κ2) is 9.40. The number of methoxy groups -OCH3 is 1. The maximum Gasteiger partial charge on any atom is 0.228 e. The molecule has 5 nitrogen and oxygen atoms in total. The van der Waals surface area contributed by atoms with Crippen molar-refractivity contribution in [3.8, 4) is 5.75 Å². The third kappa shape index (κ3) is 4.91. The highest BCUT2D eigenvalue weighted by Gasteiger charge is 2.35. The van der Waals surface area contributed by atoms with Gasteiger partial charge >= 0.3 is 0 Å². The minimum atomic E-state index is -0.249. The van der Waals surface area contributed by atoms with Crippen molar-refractivity contribution in [3.05, 3.63) is 65.7 Å². The van der Waals surface area contributed by atoms with Gasteiger partial charge in [0.1, 0.15) is 5.75 Å². The van der Waals surface area contributed by atoms with E-state index in [1.54, 1.807) is 7.11 Å². The molecular weight excluding hydrogens is 352 g/mol. The standard InChI is InChI=1S/C23H28N2O3/c1-3-24(16-19-8-5-4-6-9-19)23(27)20-15-22(26)25(17-20)13-12-18-10-7-11-21(14-18)28-2/h4-11,14,20H,3,12-13,15-17H2,1-2H3. The summed E-state index contributed by atoms with van der Waals surface area (Å²) in [6, 6.07) is 17.9. The van der Waals surface area contributed by atoms with E-state index in [0.29, 0.717) is 32.6 Å². The third-order valence-corrected chi connectivity index (χ3v) is 5.28. The lowest BCUT2D eigenvalue weighted by Gasteiger charge is -2.24. The summed E-state index contributed by atoms with van der Waals surface area (Å²) in [6.07, 6.45) is 1.06. The minimum absolute atomic E-state index is 0.0667. The largest absolute Gasteiger partial charge is 0.497 e. The number of likely N-dealkylation sites (tertiary alicyclic amines) is 1. The Morgan fingerprint density at radius 2 is 1.89 bits per heavy atom. The molecule has 0 N–H and O–H groups in total. The van der Waals surface area contributed by atoms with Gasteiger partial charge in [0.2, 0.25) is 11.8 Å². The van der Waals surface area contributed by atoms with Gasteiger partial charge in [0, 0.05) is 32.6 Å².